The maximum absolute atomic E-state index is 13.8. The normalized spacial score (nSPS) is 20.5. The monoisotopic (exact) mass is 621 g/mol. The van der Waals surface area contributed by atoms with E-state index in [9.17, 15) is 18.4 Å². The summed E-state index contributed by atoms with van der Waals surface area (Å²) >= 11 is 7.43. The van der Waals surface area contributed by atoms with Crippen molar-refractivity contribution in [3.8, 4) is 11.6 Å². The zero-order valence-corrected chi connectivity index (χ0v) is 24.3. The van der Waals surface area contributed by atoms with E-state index in [1.54, 1.807) is 42.5 Å². The summed E-state index contributed by atoms with van der Waals surface area (Å²) < 4.78 is 38.5. The smallest absolute Gasteiger partial charge is 0.242 e. The zero-order chi connectivity index (χ0) is 30.0. The maximum Gasteiger partial charge on any atom is 0.242 e. The van der Waals surface area contributed by atoms with Crippen molar-refractivity contribution in [2.24, 2.45) is 0 Å². The first-order valence-corrected chi connectivity index (χ1v) is 14.9. The number of thioether (sulfide) groups is 1. The summed E-state index contributed by atoms with van der Waals surface area (Å²) in [5.41, 5.74) is 0.688. The van der Waals surface area contributed by atoms with Crippen molar-refractivity contribution < 1.29 is 27.8 Å². The van der Waals surface area contributed by atoms with Crippen LogP contribution in [-0.2, 0) is 19.9 Å². The number of benzene rings is 3. The summed E-state index contributed by atoms with van der Waals surface area (Å²) in [5, 5.41) is 2.54. The maximum atomic E-state index is 13.8. The minimum absolute atomic E-state index is 0.0485. The third-order valence-electron chi connectivity index (χ3n) is 7.40. The van der Waals surface area contributed by atoms with E-state index < -0.39 is 28.3 Å². The molecule has 0 radical (unpaired) electrons. The number of ether oxygens (including phenoxy) is 2. The van der Waals surface area contributed by atoms with Crippen LogP contribution in [0.5, 0.6) is 11.6 Å². The van der Waals surface area contributed by atoms with Crippen molar-refractivity contribution >= 4 is 40.7 Å². The highest BCUT2D eigenvalue weighted by atomic mass is 35.5. The average Bonchev–Trinajstić information content (AvgIpc) is 3.02. The molecule has 2 atom stereocenters. The lowest BCUT2D eigenvalue weighted by atomic mass is 9.78. The van der Waals surface area contributed by atoms with Gasteiger partial charge in [0.15, 0.2) is 17.4 Å². The number of hydrogen-bond donors (Lipinski definition) is 1. The van der Waals surface area contributed by atoms with Crippen LogP contribution < -0.4 is 15.0 Å². The van der Waals surface area contributed by atoms with Crippen molar-refractivity contribution in [1.82, 2.24) is 10.3 Å². The fourth-order valence-corrected chi connectivity index (χ4v) is 6.47. The molecule has 220 valence electrons. The Labute approximate surface area is 256 Å². The number of morpholine rings is 1. The van der Waals surface area contributed by atoms with Gasteiger partial charge in [0.1, 0.15) is 16.5 Å². The lowest BCUT2D eigenvalue weighted by Crippen LogP contribution is -2.58. The molecule has 0 aliphatic carbocycles. The van der Waals surface area contributed by atoms with E-state index in [0.717, 1.165) is 42.7 Å². The van der Waals surface area contributed by atoms with Crippen LogP contribution in [0.1, 0.15) is 17.7 Å². The second-order valence-electron chi connectivity index (χ2n) is 10.2. The molecule has 43 heavy (non-hydrogen) atoms. The molecular weight excluding hydrogens is 596 g/mol. The molecule has 4 aromatic rings. The summed E-state index contributed by atoms with van der Waals surface area (Å²) in [4.78, 5) is 34.9. The van der Waals surface area contributed by atoms with E-state index in [1.165, 1.54) is 6.07 Å². The fourth-order valence-electron chi connectivity index (χ4n) is 5.23. The number of rotatable bonds is 7. The molecule has 1 N–H and O–H groups in total. The van der Waals surface area contributed by atoms with Gasteiger partial charge in [-0.05, 0) is 48.0 Å². The lowest BCUT2D eigenvalue weighted by Gasteiger charge is -2.40. The number of ketones is 1. The molecule has 2 fully saturated rings. The standard InChI is InChI=1S/C32H26ClF2N3O4S/c33-23-4-1-2-5-27(23)43-30-26(39)19-32(37-31(30)40,20-8-10-21(11-9-20)38-14-16-41-17-15-38)28-6-3-7-29(36-28)42-22-12-13-24(34)25(35)18-22/h1-13,18,30H,14-17,19H2,(H,37,40)/t30-,32?/m1/s1. The highest BCUT2D eigenvalue weighted by molar-refractivity contribution is 8.01. The van der Waals surface area contributed by atoms with Crippen LogP contribution in [0, 0.1) is 11.6 Å². The fraction of sp³-hybridized carbons (Fsp3) is 0.219. The van der Waals surface area contributed by atoms with Gasteiger partial charge in [0.25, 0.3) is 0 Å². The number of nitrogens with zero attached hydrogens (tertiary/aromatic N) is 2. The largest absolute Gasteiger partial charge is 0.439 e. The van der Waals surface area contributed by atoms with Crippen molar-refractivity contribution in [3.63, 3.8) is 0 Å². The Balaban J connectivity index is 1.36. The molecule has 6 rings (SSSR count). The lowest BCUT2D eigenvalue weighted by molar-refractivity contribution is -0.133. The Morgan fingerprint density at radius 1 is 0.953 bits per heavy atom. The van der Waals surface area contributed by atoms with Crippen molar-refractivity contribution in [2.75, 3.05) is 31.2 Å². The molecule has 1 amide bonds. The van der Waals surface area contributed by atoms with Crippen LogP contribution >= 0.6 is 23.4 Å². The summed E-state index contributed by atoms with van der Waals surface area (Å²) in [7, 11) is 0. The number of nitrogens with one attached hydrogen (secondary N) is 1. The van der Waals surface area contributed by atoms with Crippen LogP contribution in [0.25, 0.3) is 0 Å². The minimum Gasteiger partial charge on any atom is -0.439 e. The van der Waals surface area contributed by atoms with Gasteiger partial charge in [0, 0.05) is 42.2 Å². The predicted octanol–water partition coefficient (Wildman–Crippen LogP) is 6.14. The Bertz CT molecular complexity index is 1650. The van der Waals surface area contributed by atoms with Crippen LogP contribution in [0.2, 0.25) is 5.02 Å². The van der Waals surface area contributed by atoms with Crippen molar-refractivity contribution in [1.29, 1.82) is 0 Å². The Kier molecular flexibility index (Phi) is 8.34. The topological polar surface area (TPSA) is 80.8 Å². The Hall–Kier alpha value is -3.99. The number of carbonyl (C=O) groups excluding carboxylic acids is 2. The predicted molar refractivity (Wildman–Crippen MR) is 160 cm³/mol. The third-order valence-corrected chi connectivity index (χ3v) is 9.16. The number of pyridine rings is 1. The molecule has 3 aromatic carbocycles. The van der Waals surface area contributed by atoms with Gasteiger partial charge in [-0.25, -0.2) is 13.8 Å². The zero-order valence-electron chi connectivity index (χ0n) is 22.8. The third kappa shape index (κ3) is 6.08. The van der Waals surface area contributed by atoms with Crippen LogP contribution in [0.4, 0.5) is 14.5 Å². The van der Waals surface area contributed by atoms with E-state index >= 15 is 0 Å². The molecule has 0 bridgehead atoms. The quantitative estimate of drug-likeness (QED) is 0.249. The van der Waals surface area contributed by atoms with Gasteiger partial charge in [0.2, 0.25) is 11.8 Å². The second-order valence-corrected chi connectivity index (χ2v) is 11.7. The first-order valence-electron chi connectivity index (χ1n) is 13.6. The molecule has 1 aromatic heterocycles. The van der Waals surface area contributed by atoms with E-state index in [-0.39, 0.29) is 23.8 Å². The molecule has 11 heteroatoms. The number of anilines is 1. The van der Waals surface area contributed by atoms with Gasteiger partial charge in [-0.15, -0.1) is 11.8 Å². The Morgan fingerprint density at radius 2 is 1.72 bits per heavy atom. The molecule has 1 unspecified atom stereocenters. The molecule has 2 aliphatic rings. The summed E-state index contributed by atoms with van der Waals surface area (Å²) in [5.74, 6) is -2.69. The number of halogens is 3. The molecule has 0 spiro atoms. The van der Waals surface area contributed by atoms with Crippen LogP contribution in [0.15, 0.2) is 89.8 Å². The van der Waals surface area contributed by atoms with Gasteiger partial charge in [0.05, 0.1) is 23.9 Å². The van der Waals surface area contributed by atoms with E-state index in [1.807, 2.05) is 24.3 Å². The number of hydrogen-bond acceptors (Lipinski definition) is 7. The minimum atomic E-state index is -1.32. The van der Waals surface area contributed by atoms with E-state index in [2.05, 4.69) is 15.2 Å². The van der Waals surface area contributed by atoms with Gasteiger partial charge >= 0.3 is 0 Å². The molecular formula is C32H26ClF2N3O4S. The molecule has 0 saturated carbocycles. The highest BCUT2D eigenvalue weighted by Crippen LogP contribution is 2.41. The molecule has 3 heterocycles. The van der Waals surface area contributed by atoms with E-state index in [4.69, 9.17) is 21.1 Å². The van der Waals surface area contributed by atoms with Crippen LogP contribution in [-0.4, -0.2) is 48.2 Å². The summed E-state index contributed by atoms with van der Waals surface area (Å²) in [6.07, 6.45) is -0.0839. The van der Waals surface area contributed by atoms with Crippen molar-refractivity contribution in [2.45, 2.75) is 22.1 Å². The average molecular weight is 622 g/mol. The SMILES string of the molecule is O=C1CC(c2ccc(N3CCOCC3)cc2)(c2cccc(Oc3ccc(F)c(F)c3)n2)NC(=O)[C@@H]1Sc1ccccc1Cl. The first kappa shape index (κ1) is 29.1. The second kappa shape index (κ2) is 12.3. The first-order chi connectivity index (χ1) is 20.8. The summed E-state index contributed by atoms with van der Waals surface area (Å²) in [6.45, 7) is 2.78. The number of piperidine rings is 1. The van der Waals surface area contributed by atoms with Gasteiger partial charge in [-0.2, -0.15) is 0 Å². The molecule has 2 aliphatic heterocycles. The van der Waals surface area contributed by atoms with Gasteiger partial charge in [-0.3, -0.25) is 9.59 Å². The summed E-state index contributed by atoms with van der Waals surface area (Å²) in [6, 6.07) is 22.8. The van der Waals surface area contributed by atoms with Crippen molar-refractivity contribution in [3.05, 3.63) is 113 Å². The van der Waals surface area contributed by atoms with Gasteiger partial charge in [-0.1, -0.05) is 41.9 Å². The number of Topliss-reactive ketones (excluding diaryl/α,β-unsaturated/α-hetero) is 1. The van der Waals surface area contributed by atoms with Crippen LogP contribution in [0.3, 0.4) is 0 Å². The molecule has 7 nitrogen and oxygen atoms in total. The number of amides is 1. The number of aromatic nitrogens is 1. The molecule has 2 saturated heterocycles. The number of carbonyl (C=O) groups is 2. The Morgan fingerprint density at radius 3 is 2.44 bits per heavy atom. The van der Waals surface area contributed by atoms with E-state index in [0.29, 0.717) is 34.4 Å². The highest BCUT2D eigenvalue weighted by Gasteiger charge is 2.48. The van der Waals surface area contributed by atoms with Gasteiger partial charge < -0.3 is 19.7 Å².